The van der Waals surface area contributed by atoms with Crippen molar-refractivity contribution in [1.82, 2.24) is 10.2 Å². The predicted molar refractivity (Wildman–Crippen MR) is 158 cm³/mol. The number of amides is 1. The highest BCUT2D eigenvalue weighted by Gasteiger charge is 2.69. The van der Waals surface area contributed by atoms with Gasteiger partial charge in [-0.2, -0.15) is 0 Å². The molecule has 3 aliphatic carbocycles. The van der Waals surface area contributed by atoms with E-state index >= 15 is 0 Å². The Hall–Kier alpha value is -3.93. The molecular formula is C32H38N4O7. The number of carbonyl (C=O) groups excluding carboxylic acids is 5. The second-order valence-corrected chi connectivity index (χ2v) is 12.4. The molecule has 6 atom stereocenters. The SMILES string of the molecule is CN(C)c1cc(CNCCc2ccccc2)c(O)c2c1C[C@H]1C[C@H]3C(N(C)C)C(=O)C(C(N)=O)C(=O)[C@@]3(O)C(=O)C1C2=O. The number of nitrogens with zero attached hydrogens (tertiary/aromatic N) is 2. The fraction of sp³-hybridized carbons (Fsp3) is 0.469. The standard InChI is InChI=1S/C32H38N4O7/c1-35(2)21-14-18(15-34-11-10-16-8-6-5-7-9-16)26(37)23-19(21)12-17-13-20-25(36(3)4)28(39)24(31(33)42)30(41)32(20,43)29(40)22(17)27(23)38/h5-9,14,17,20,22,24-25,34,37,43H,10-13,15H2,1-4H3,(H2,33,42)/t17-,20-,22?,24?,25?,32-/m0/s1. The maximum atomic E-state index is 14.1. The van der Waals surface area contributed by atoms with Crippen LogP contribution in [-0.4, -0.2) is 90.5 Å². The fourth-order valence-corrected chi connectivity index (χ4v) is 7.34. The van der Waals surface area contributed by atoms with Gasteiger partial charge in [-0.15, -0.1) is 0 Å². The highest BCUT2D eigenvalue weighted by Crippen LogP contribution is 2.52. The minimum atomic E-state index is -2.74. The van der Waals surface area contributed by atoms with Gasteiger partial charge in [0.25, 0.3) is 0 Å². The van der Waals surface area contributed by atoms with Crippen molar-refractivity contribution in [2.24, 2.45) is 29.4 Å². The summed E-state index contributed by atoms with van der Waals surface area (Å²) in [6.45, 7) is 0.887. The lowest BCUT2D eigenvalue weighted by Crippen LogP contribution is -2.74. The Kier molecular flexibility index (Phi) is 8.02. The molecule has 1 amide bonds. The van der Waals surface area contributed by atoms with Crippen molar-refractivity contribution < 1.29 is 34.2 Å². The summed E-state index contributed by atoms with van der Waals surface area (Å²) in [5.41, 5.74) is 5.56. The Morgan fingerprint density at radius 3 is 2.35 bits per heavy atom. The van der Waals surface area contributed by atoms with Crippen molar-refractivity contribution in [1.29, 1.82) is 0 Å². The van der Waals surface area contributed by atoms with Gasteiger partial charge in [-0.25, -0.2) is 0 Å². The first kappa shape index (κ1) is 30.5. The Bertz CT molecular complexity index is 1500. The third-order valence-electron chi connectivity index (χ3n) is 9.35. The molecular weight excluding hydrogens is 552 g/mol. The van der Waals surface area contributed by atoms with Gasteiger partial charge >= 0.3 is 0 Å². The summed E-state index contributed by atoms with van der Waals surface area (Å²) in [6.07, 6.45) is 0.996. The molecule has 0 aromatic heterocycles. The van der Waals surface area contributed by atoms with E-state index in [9.17, 15) is 34.2 Å². The van der Waals surface area contributed by atoms with Crippen LogP contribution in [0.4, 0.5) is 5.69 Å². The summed E-state index contributed by atoms with van der Waals surface area (Å²) >= 11 is 0. The number of aliphatic hydroxyl groups is 1. The number of hydrogen-bond donors (Lipinski definition) is 4. The van der Waals surface area contributed by atoms with Crippen LogP contribution >= 0.6 is 0 Å². The van der Waals surface area contributed by atoms with E-state index in [2.05, 4.69) is 5.32 Å². The van der Waals surface area contributed by atoms with E-state index in [1.165, 1.54) is 4.90 Å². The number of benzene rings is 2. The number of phenolic OH excluding ortho intramolecular Hbond substituents is 1. The number of aromatic hydroxyl groups is 1. The van der Waals surface area contributed by atoms with Gasteiger partial charge in [0.2, 0.25) is 5.91 Å². The highest BCUT2D eigenvalue weighted by molar-refractivity contribution is 6.32. The van der Waals surface area contributed by atoms with Crippen molar-refractivity contribution in [3.05, 3.63) is 58.7 Å². The Balaban J connectivity index is 1.51. The van der Waals surface area contributed by atoms with Gasteiger partial charge in [0.05, 0.1) is 17.5 Å². The van der Waals surface area contributed by atoms with Gasteiger partial charge in [0, 0.05) is 37.8 Å². The van der Waals surface area contributed by atoms with Crippen LogP contribution in [0.5, 0.6) is 5.75 Å². The lowest BCUT2D eigenvalue weighted by molar-refractivity contribution is -0.181. The summed E-state index contributed by atoms with van der Waals surface area (Å²) < 4.78 is 0. The third kappa shape index (κ3) is 4.85. The van der Waals surface area contributed by atoms with Gasteiger partial charge in [-0.3, -0.25) is 28.9 Å². The van der Waals surface area contributed by atoms with Crippen LogP contribution in [0, 0.1) is 23.7 Å². The second-order valence-electron chi connectivity index (χ2n) is 12.4. The molecule has 2 saturated carbocycles. The van der Waals surface area contributed by atoms with Gasteiger partial charge in [0.1, 0.15) is 5.75 Å². The van der Waals surface area contributed by atoms with Crippen LogP contribution in [0.25, 0.3) is 0 Å². The van der Waals surface area contributed by atoms with E-state index in [0.29, 0.717) is 23.4 Å². The lowest BCUT2D eigenvalue weighted by atomic mass is 9.52. The van der Waals surface area contributed by atoms with Crippen LogP contribution in [0.3, 0.4) is 0 Å². The molecule has 0 spiro atoms. The number of fused-ring (bicyclic) bond motifs is 3. The largest absolute Gasteiger partial charge is 0.507 e. The van der Waals surface area contributed by atoms with Gasteiger partial charge in [-0.05, 0) is 63.0 Å². The number of Topliss-reactive ketones (excluding diaryl/α,β-unsaturated/α-hetero) is 4. The molecule has 0 bridgehead atoms. The minimum Gasteiger partial charge on any atom is -0.507 e. The van der Waals surface area contributed by atoms with E-state index < -0.39 is 64.4 Å². The maximum absolute atomic E-state index is 14.1. The lowest BCUT2D eigenvalue weighted by Gasteiger charge is -2.52. The highest BCUT2D eigenvalue weighted by atomic mass is 16.3. The first-order chi connectivity index (χ1) is 20.3. The van der Waals surface area contributed by atoms with E-state index in [1.807, 2.05) is 55.4 Å². The predicted octanol–water partition coefficient (Wildman–Crippen LogP) is 0.265. The molecule has 2 aromatic rings. The molecule has 43 heavy (non-hydrogen) atoms. The Morgan fingerprint density at radius 2 is 1.74 bits per heavy atom. The van der Waals surface area contributed by atoms with E-state index in [0.717, 1.165) is 12.0 Å². The number of primary amides is 1. The summed E-state index contributed by atoms with van der Waals surface area (Å²) in [4.78, 5) is 70.4. The zero-order valence-corrected chi connectivity index (χ0v) is 24.8. The number of rotatable bonds is 8. The molecule has 5 N–H and O–H groups in total. The third-order valence-corrected chi connectivity index (χ3v) is 9.35. The molecule has 3 aliphatic rings. The van der Waals surface area contributed by atoms with Crippen LogP contribution in [0.2, 0.25) is 0 Å². The molecule has 0 heterocycles. The fourth-order valence-electron chi connectivity index (χ4n) is 7.34. The van der Waals surface area contributed by atoms with E-state index in [4.69, 9.17) is 5.73 Å². The summed E-state index contributed by atoms with van der Waals surface area (Å²) in [5.74, 6) is -10.5. The number of likely N-dealkylation sites (N-methyl/N-ethyl adjacent to an activating group) is 1. The van der Waals surface area contributed by atoms with E-state index in [1.54, 1.807) is 14.1 Å². The number of nitrogens with one attached hydrogen (secondary N) is 1. The quantitative estimate of drug-likeness (QED) is 0.247. The normalized spacial score (nSPS) is 28.4. The average Bonchev–Trinajstić information content (AvgIpc) is 2.94. The maximum Gasteiger partial charge on any atom is 0.235 e. The van der Waals surface area contributed by atoms with Gasteiger partial charge in [0.15, 0.2) is 34.7 Å². The van der Waals surface area contributed by atoms with Crippen molar-refractivity contribution in [2.45, 2.75) is 37.5 Å². The first-order valence-electron chi connectivity index (χ1n) is 14.4. The molecule has 11 nitrogen and oxygen atoms in total. The monoisotopic (exact) mass is 590 g/mol. The zero-order chi connectivity index (χ0) is 31.4. The summed E-state index contributed by atoms with van der Waals surface area (Å²) in [6, 6.07) is 10.6. The molecule has 3 unspecified atom stereocenters. The summed E-state index contributed by atoms with van der Waals surface area (Å²) in [7, 11) is 6.77. The van der Waals surface area contributed by atoms with Gasteiger partial charge in [-0.1, -0.05) is 30.3 Å². The number of phenols is 1. The van der Waals surface area contributed by atoms with Crippen molar-refractivity contribution in [2.75, 3.05) is 39.6 Å². The molecule has 228 valence electrons. The smallest absolute Gasteiger partial charge is 0.235 e. The Labute approximate surface area is 250 Å². The molecule has 2 aromatic carbocycles. The van der Waals surface area contributed by atoms with Crippen molar-refractivity contribution in [3.8, 4) is 5.75 Å². The number of anilines is 1. The molecule has 0 radical (unpaired) electrons. The van der Waals surface area contributed by atoms with Crippen LogP contribution in [0.15, 0.2) is 36.4 Å². The molecule has 0 aliphatic heterocycles. The molecule has 11 heteroatoms. The first-order valence-corrected chi connectivity index (χ1v) is 14.4. The van der Waals surface area contributed by atoms with E-state index in [-0.39, 0.29) is 30.7 Å². The second kappa shape index (κ2) is 11.3. The minimum absolute atomic E-state index is 0.00217. The molecule has 5 rings (SSSR count). The van der Waals surface area contributed by atoms with Gasteiger partial charge < -0.3 is 26.2 Å². The number of ketones is 4. The van der Waals surface area contributed by atoms with Crippen LogP contribution in [0.1, 0.15) is 33.5 Å². The Morgan fingerprint density at radius 1 is 1.07 bits per heavy atom. The molecule has 0 saturated heterocycles. The average molecular weight is 591 g/mol. The van der Waals surface area contributed by atoms with Crippen molar-refractivity contribution in [3.63, 3.8) is 0 Å². The number of hydrogen-bond acceptors (Lipinski definition) is 10. The topological polar surface area (TPSA) is 170 Å². The van der Waals surface area contributed by atoms with Crippen LogP contribution in [-0.2, 0) is 38.6 Å². The summed E-state index contributed by atoms with van der Waals surface area (Å²) in [5, 5.41) is 26.5. The van der Waals surface area contributed by atoms with Crippen LogP contribution < -0.4 is 16.0 Å². The number of nitrogens with two attached hydrogens (primary N) is 1. The molecule has 2 fully saturated rings. The van der Waals surface area contributed by atoms with Crippen molar-refractivity contribution >= 4 is 34.7 Å². The number of carbonyl (C=O) groups is 5. The zero-order valence-electron chi connectivity index (χ0n) is 24.8.